The van der Waals surface area contributed by atoms with Gasteiger partial charge in [-0.1, -0.05) is 38.1 Å². The van der Waals surface area contributed by atoms with E-state index in [4.69, 9.17) is 14.2 Å². The monoisotopic (exact) mass is 342 g/mol. The van der Waals surface area contributed by atoms with E-state index in [1.165, 1.54) is 6.07 Å². The molecule has 0 aromatic heterocycles. The van der Waals surface area contributed by atoms with E-state index in [1.807, 2.05) is 39.0 Å². The zero-order valence-corrected chi connectivity index (χ0v) is 14.7. The topological polar surface area (TPSA) is 61.8 Å². The molecular weight excluding hydrogens is 320 g/mol. The molecule has 0 saturated heterocycles. The number of rotatable bonds is 7. The van der Waals surface area contributed by atoms with E-state index in [9.17, 15) is 9.59 Å². The summed E-state index contributed by atoms with van der Waals surface area (Å²) in [5, 5.41) is 0. The molecule has 2 aromatic carbocycles. The standard InChI is InChI=1S/C20H22O5/c1-14(2)12-24-20(22)16-8-6-9-17(11-16)25-19(21)13-23-18-10-5-4-7-15(18)3/h4-11,14H,12-13H2,1-3H3. The summed E-state index contributed by atoms with van der Waals surface area (Å²) < 4.78 is 15.8. The Hall–Kier alpha value is -2.82. The number of carbonyl (C=O) groups is 2. The molecule has 0 atom stereocenters. The minimum Gasteiger partial charge on any atom is -0.482 e. The Labute approximate surface area is 147 Å². The van der Waals surface area contributed by atoms with Crippen LogP contribution in [-0.2, 0) is 9.53 Å². The molecule has 0 fully saturated rings. The van der Waals surface area contributed by atoms with Crippen molar-refractivity contribution in [3.8, 4) is 11.5 Å². The molecule has 5 nitrogen and oxygen atoms in total. The number of ether oxygens (including phenoxy) is 3. The van der Waals surface area contributed by atoms with Crippen LogP contribution in [0, 0.1) is 12.8 Å². The van der Waals surface area contributed by atoms with Crippen LogP contribution in [0.1, 0.15) is 29.8 Å². The van der Waals surface area contributed by atoms with Crippen LogP contribution in [0.15, 0.2) is 48.5 Å². The second-order valence-electron chi connectivity index (χ2n) is 6.05. The Balaban J connectivity index is 1.91. The average molecular weight is 342 g/mol. The van der Waals surface area contributed by atoms with Crippen LogP contribution in [0.25, 0.3) is 0 Å². The van der Waals surface area contributed by atoms with E-state index < -0.39 is 11.9 Å². The highest BCUT2D eigenvalue weighted by atomic mass is 16.6. The van der Waals surface area contributed by atoms with Gasteiger partial charge in [-0.15, -0.1) is 0 Å². The van der Waals surface area contributed by atoms with Gasteiger partial charge in [0, 0.05) is 0 Å². The fraction of sp³-hybridized carbons (Fsp3) is 0.300. The first-order chi connectivity index (χ1) is 12.0. The van der Waals surface area contributed by atoms with Crippen molar-refractivity contribution in [3.05, 3.63) is 59.7 Å². The van der Waals surface area contributed by atoms with Crippen molar-refractivity contribution in [2.45, 2.75) is 20.8 Å². The zero-order chi connectivity index (χ0) is 18.2. The van der Waals surface area contributed by atoms with Crippen LogP contribution in [0.5, 0.6) is 11.5 Å². The van der Waals surface area contributed by atoms with Gasteiger partial charge < -0.3 is 14.2 Å². The van der Waals surface area contributed by atoms with Gasteiger partial charge in [0.25, 0.3) is 0 Å². The van der Waals surface area contributed by atoms with Gasteiger partial charge in [0.2, 0.25) is 0 Å². The predicted octanol–water partition coefficient (Wildman–Crippen LogP) is 3.79. The third-order valence-electron chi connectivity index (χ3n) is 3.29. The Morgan fingerprint density at radius 2 is 1.80 bits per heavy atom. The lowest BCUT2D eigenvalue weighted by Crippen LogP contribution is -2.18. The Bertz CT molecular complexity index is 736. The van der Waals surface area contributed by atoms with Gasteiger partial charge in [-0.05, 0) is 42.7 Å². The highest BCUT2D eigenvalue weighted by Crippen LogP contribution is 2.17. The van der Waals surface area contributed by atoms with E-state index in [2.05, 4.69) is 0 Å². The van der Waals surface area contributed by atoms with Gasteiger partial charge in [-0.2, -0.15) is 0 Å². The lowest BCUT2D eigenvalue weighted by molar-refractivity contribution is -0.136. The van der Waals surface area contributed by atoms with Gasteiger partial charge in [0.15, 0.2) is 6.61 Å². The third kappa shape index (κ3) is 5.95. The van der Waals surface area contributed by atoms with Crippen LogP contribution in [0.3, 0.4) is 0 Å². The molecule has 0 aliphatic rings. The molecule has 2 rings (SSSR count). The summed E-state index contributed by atoms with van der Waals surface area (Å²) in [7, 11) is 0. The number of esters is 2. The first-order valence-corrected chi connectivity index (χ1v) is 8.12. The number of para-hydroxylation sites is 1. The molecule has 5 heteroatoms. The number of benzene rings is 2. The lowest BCUT2D eigenvalue weighted by Gasteiger charge is -2.10. The summed E-state index contributed by atoms with van der Waals surface area (Å²) in [6.45, 7) is 5.94. The molecule has 0 saturated carbocycles. The van der Waals surface area contributed by atoms with Crippen molar-refractivity contribution in [2.24, 2.45) is 5.92 Å². The van der Waals surface area contributed by atoms with Gasteiger partial charge in [-0.3, -0.25) is 0 Å². The minimum absolute atomic E-state index is 0.215. The molecule has 0 N–H and O–H groups in total. The average Bonchev–Trinajstić information content (AvgIpc) is 2.59. The highest BCUT2D eigenvalue weighted by Gasteiger charge is 2.12. The minimum atomic E-state index is -0.545. The van der Waals surface area contributed by atoms with Crippen LogP contribution in [-0.4, -0.2) is 25.2 Å². The Morgan fingerprint density at radius 1 is 1.04 bits per heavy atom. The van der Waals surface area contributed by atoms with Gasteiger partial charge in [0.05, 0.1) is 12.2 Å². The first kappa shape index (κ1) is 18.5. The van der Waals surface area contributed by atoms with Crippen molar-refractivity contribution >= 4 is 11.9 Å². The molecule has 0 unspecified atom stereocenters. The number of aryl methyl sites for hydroxylation is 1. The van der Waals surface area contributed by atoms with E-state index in [1.54, 1.807) is 24.3 Å². The van der Waals surface area contributed by atoms with Crippen LogP contribution in [0.4, 0.5) is 0 Å². The summed E-state index contributed by atoms with van der Waals surface area (Å²) in [5.74, 6) is 0.171. The van der Waals surface area contributed by atoms with Gasteiger partial charge in [-0.25, -0.2) is 9.59 Å². The molecule has 25 heavy (non-hydrogen) atoms. The molecular formula is C20H22O5. The van der Waals surface area contributed by atoms with Gasteiger partial charge >= 0.3 is 11.9 Å². The molecule has 0 bridgehead atoms. The van der Waals surface area contributed by atoms with Crippen molar-refractivity contribution in [2.75, 3.05) is 13.2 Å². The van der Waals surface area contributed by atoms with Crippen molar-refractivity contribution in [3.63, 3.8) is 0 Å². The SMILES string of the molecule is Cc1ccccc1OCC(=O)Oc1cccc(C(=O)OCC(C)C)c1. The fourth-order valence-electron chi connectivity index (χ4n) is 2.03. The van der Waals surface area contributed by atoms with Crippen molar-refractivity contribution in [1.29, 1.82) is 0 Å². The zero-order valence-electron chi connectivity index (χ0n) is 14.7. The van der Waals surface area contributed by atoms with Crippen molar-refractivity contribution in [1.82, 2.24) is 0 Å². The summed E-state index contributed by atoms with van der Waals surface area (Å²) in [6, 6.07) is 13.7. The second-order valence-corrected chi connectivity index (χ2v) is 6.05. The Kier molecular flexibility index (Phi) is 6.57. The number of hydrogen-bond acceptors (Lipinski definition) is 5. The normalized spacial score (nSPS) is 10.4. The summed E-state index contributed by atoms with van der Waals surface area (Å²) in [6.07, 6.45) is 0. The molecule has 0 spiro atoms. The third-order valence-corrected chi connectivity index (χ3v) is 3.29. The Morgan fingerprint density at radius 3 is 2.52 bits per heavy atom. The maximum Gasteiger partial charge on any atom is 0.349 e. The molecule has 0 aliphatic carbocycles. The summed E-state index contributed by atoms with van der Waals surface area (Å²) in [4.78, 5) is 23.9. The van der Waals surface area contributed by atoms with E-state index >= 15 is 0 Å². The molecule has 0 amide bonds. The van der Waals surface area contributed by atoms with Crippen molar-refractivity contribution < 1.29 is 23.8 Å². The van der Waals surface area contributed by atoms with E-state index in [-0.39, 0.29) is 18.3 Å². The first-order valence-electron chi connectivity index (χ1n) is 8.12. The van der Waals surface area contributed by atoms with Crippen LogP contribution >= 0.6 is 0 Å². The van der Waals surface area contributed by atoms with Crippen LogP contribution < -0.4 is 9.47 Å². The highest BCUT2D eigenvalue weighted by molar-refractivity contribution is 5.90. The van der Waals surface area contributed by atoms with Gasteiger partial charge in [0.1, 0.15) is 11.5 Å². The predicted molar refractivity (Wildman–Crippen MR) is 93.9 cm³/mol. The second kappa shape index (κ2) is 8.87. The van der Waals surface area contributed by atoms with E-state index in [0.29, 0.717) is 17.9 Å². The number of hydrogen-bond donors (Lipinski definition) is 0. The van der Waals surface area contributed by atoms with E-state index in [0.717, 1.165) is 5.56 Å². The molecule has 0 radical (unpaired) electrons. The van der Waals surface area contributed by atoms with Crippen LogP contribution in [0.2, 0.25) is 0 Å². The molecule has 132 valence electrons. The molecule has 0 aliphatic heterocycles. The maximum absolute atomic E-state index is 11.9. The maximum atomic E-state index is 11.9. The molecule has 0 heterocycles. The quantitative estimate of drug-likeness (QED) is 0.566. The molecule has 2 aromatic rings. The summed E-state index contributed by atoms with van der Waals surface area (Å²) in [5.41, 5.74) is 1.27. The fourth-order valence-corrected chi connectivity index (χ4v) is 2.03. The lowest BCUT2D eigenvalue weighted by atomic mass is 10.2. The summed E-state index contributed by atoms with van der Waals surface area (Å²) >= 11 is 0. The smallest absolute Gasteiger partial charge is 0.349 e. The largest absolute Gasteiger partial charge is 0.482 e. The number of carbonyl (C=O) groups excluding carboxylic acids is 2.